The molecular weight excluding hydrogens is 247 g/mol. The van der Waals surface area contributed by atoms with Crippen LogP contribution in [0, 0.1) is 5.82 Å². The summed E-state index contributed by atoms with van der Waals surface area (Å²) in [6.07, 6.45) is 0. The van der Waals surface area contributed by atoms with E-state index in [0.717, 1.165) is 0 Å². The first-order valence-corrected chi connectivity index (χ1v) is 5.68. The summed E-state index contributed by atoms with van der Waals surface area (Å²) < 4.78 is 23.5. The number of halogens is 1. The van der Waals surface area contributed by atoms with E-state index in [-0.39, 0.29) is 0 Å². The highest BCUT2D eigenvalue weighted by molar-refractivity contribution is 5.91. The highest BCUT2D eigenvalue weighted by atomic mass is 19.1. The van der Waals surface area contributed by atoms with E-state index < -0.39 is 11.8 Å². The molecule has 0 aliphatic rings. The third kappa shape index (κ3) is 2.73. The van der Waals surface area contributed by atoms with Crippen molar-refractivity contribution >= 4 is 5.97 Å². The van der Waals surface area contributed by atoms with Gasteiger partial charge in [0.15, 0.2) is 0 Å². The van der Waals surface area contributed by atoms with Gasteiger partial charge in [0, 0.05) is 5.56 Å². The third-order valence-electron chi connectivity index (χ3n) is 2.79. The first-order chi connectivity index (χ1) is 9.15. The van der Waals surface area contributed by atoms with Crippen molar-refractivity contribution in [3.63, 3.8) is 0 Å². The minimum Gasteiger partial charge on any atom is -0.497 e. The first kappa shape index (κ1) is 13.1. The maximum atomic E-state index is 13.8. The van der Waals surface area contributed by atoms with Crippen molar-refractivity contribution in [3.8, 4) is 16.9 Å². The monoisotopic (exact) mass is 260 g/mol. The molecule has 3 nitrogen and oxygen atoms in total. The van der Waals surface area contributed by atoms with Gasteiger partial charge in [-0.05, 0) is 35.9 Å². The Labute approximate surface area is 110 Å². The van der Waals surface area contributed by atoms with Crippen LogP contribution in [0.1, 0.15) is 10.4 Å². The molecule has 0 saturated heterocycles. The summed E-state index contributed by atoms with van der Waals surface area (Å²) in [6, 6.07) is 11.1. The molecule has 0 N–H and O–H groups in total. The van der Waals surface area contributed by atoms with Crippen LogP contribution in [-0.4, -0.2) is 20.2 Å². The highest BCUT2D eigenvalue weighted by Crippen LogP contribution is 2.26. The Bertz CT molecular complexity index is 591. The SMILES string of the molecule is COC(=O)c1ccc(F)c(-c2ccc(OC)cc2)c1. The van der Waals surface area contributed by atoms with E-state index in [9.17, 15) is 9.18 Å². The van der Waals surface area contributed by atoms with Crippen LogP contribution in [0.15, 0.2) is 42.5 Å². The van der Waals surface area contributed by atoms with Crippen molar-refractivity contribution in [3.05, 3.63) is 53.8 Å². The molecule has 4 heteroatoms. The van der Waals surface area contributed by atoms with Gasteiger partial charge >= 0.3 is 5.97 Å². The van der Waals surface area contributed by atoms with Gasteiger partial charge in [-0.3, -0.25) is 0 Å². The van der Waals surface area contributed by atoms with Crippen LogP contribution in [0.25, 0.3) is 11.1 Å². The van der Waals surface area contributed by atoms with Gasteiger partial charge in [0.1, 0.15) is 11.6 Å². The molecule has 0 heterocycles. The summed E-state index contributed by atoms with van der Waals surface area (Å²) in [7, 11) is 2.85. The number of hydrogen-bond acceptors (Lipinski definition) is 3. The standard InChI is InChI=1S/C15H13FO3/c1-18-12-6-3-10(4-7-12)13-9-11(15(17)19-2)5-8-14(13)16/h3-9H,1-2H3. The fourth-order valence-corrected chi connectivity index (χ4v) is 1.76. The summed E-state index contributed by atoms with van der Waals surface area (Å²) in [5, 5.41) is 0. The van der Waals surface area contributed by atoms with Gasteiger partial charge in [0.2, 0.25) is 0 Å². The summed E-state index contributed by atoms with van der Waals surface area (Å²) in [5.41, 5.74) is 1.34. The Morgan fingerprint density at radius 2 is 1.74 bits per heavy atom. The number of ether oxygens (including phenoxy) is 2. The molecule has 0 aliphatic heterocycles. The second kappa shape index (κ2) is 5.52. The topological polar surface area (TPSA) is 35.5 Å². The lowest BCUT2D eigenvalue weighted by atomic mass is 10.0. The molecule has 0 bridgehead atoms. The van der Waals surface area contributed by atoms with E-state index in [0.29, 0.717) is 22.4 Å². The van der Waals surface area contributed by atoms with Crippen molar-refractivity contribution in [1.82, 2.24) is 0 Å². The van der Waals surface area contributed by atoms with Gasteiger partial charge in [0.05, 0.1) is 19.8 Å². The molecular formula is C15H13FO3. The average molecular weight is 260 g/mol. The molecule has 0 aliphatic carbocycles. The second-order valence-corrected chi connectivity index (χ2v) is 3.91. The Morgan fingerprint density at radius 3 is 2.32 bits per heavy atom. The lowest BCUT2D eigenvalue weighted by molar-refractivity contribution is 0.0600. The molecule has 0 unspecified atom stereocenters. The van der Waals surface area contributed by atoms with Gasteiger partial charge in [-0.1, -0.05) is 12.1 Å². The third-order valence-corrected chi connectivity index (χ3v) is 2.79. The molecule has 2 aromatic rings. The molecule has 0 atom stereocenters. The van der Waals surface area contributed by atoms with E-state index in [1.165, 1.54) is 25.3 Å². The molecule has 0 fully saturated rings. The van der Waals surface area contributed by atoms with Crippen LogP contribution in [0.2, 0.25) is 0 Å². The molecule has 19 heavy (non-hydrogen) atoms. The predicted octanol–water partition coefficient (Wildman–Crippen LogP) is 3.29. The quantitative estimate of drug-likeness (QED) is 0.794. The number of carbonyl (C=O) groups is 1. The molecule has 2 aromatic carbocycles. The number of benzene rings is 2. The average Bonchev–Trinajstić information content (AvgIpc) is 2.47. The Morgan fingerprint density at radius 1 is 1.05 bits per heavy atom. The summed E-state index contributed by atoms with van der Waals surface area (Å²) in [6.45, 7) is 0. The Hall–Kier alpha value is -2.36. The van der Waals surface area contributed by atoms with Crippen LogP contribution in [0.5, 0.6) is 5.75 Å². The lowest BCUT2D eigenvalue weighted by Gasteiger charge is -2.07. The van der Waals surface area contributed by atoms with Crippen LogP contribution >= 0.6 is 0 Å². The molecule has 0 aromatic heterocycles. The number of rotatable bonds is 3. The van der Waals surface area contributed by atoms with E-state index in [1.54, 1.807) is 31.4 Å². The van der Waals surface area contributed by atoms with Crippen molar-refractivity contribution < 1.29 is 18.7 Å². The number of esters is 1. The minimum absolute atomic E-state index is 0.315. The number of hydrogen-bond donors (Lipinski definition) is 0. The predicted molar refractivity (Wildman–Crippen MR) is 69.7 cm³/mol. The van der Waals surface area contributed by atoms with Crippen LogP contribution in [0.3, 0.4) is 0 Å². The molecule has 0 amide bonds. The molecule has 0 spiro atoms. The molecule has 98 valence electrons. The minimum atomic E-state index is -0.491. The van der Waals surface area contributed by atoms with E-state index in [4.69, 9.17) is 4.74 Å². The fraction of sp³-hybridized carbons (Fsp3) is 0.133. The summed E-state index contributed by atoms with van der Waals surface area (Å²) in [5.74, 6) is -0.194. The van der Waals surface area contributed by atoms with Gasteiger partial charge in [-0.2, -0.15) is 0 Å². The van der Waals surface area contributed by atoms with E-state index in [2.05, 4.69) is 4.74 Å². The molecule has 0 saturated carbocycles. The summed E-state index contributed by atoms with van der Waals surface area (Å²) in [4.78, 5) is 11.4. The van der Waals surface area contributed by atoms with Crippen molar-refractivity contribution in [2.75, 3.05) is 14.2 Å². The Kier molecular flexibility index (Phi) is 3.80. The Balaban J connectivity index is 2.44. The van der Waals surface area contributed by atoms with Crippen molar-refractivity contribution in [2.24, 2.45) is 0 Å². The number of carbonyl (C=O) groups excluding carboxylic acids is 1. The zero-order valence-corrected chi connectivity index (χ0v) is 10.6. The zero-order valence-electron chi connectivity index (χ0n) is 10.6. The normalized spacial score (nSPS) is 10.1. The lowest BCUT2D eigenvalue weighted by Crippen LogP contribution is -2.01. The maximum Gasteiger partial charge on any atom is 0.337 e. The van der Waals surface area contributed by atoms with Gasteiger partial charge in [0.25, 0.3) is 0 Å². The fourth-order valence-electron chi connectivity index (χ4n) is 1.76. The zero-order chi connectivity index (χ0) is 13.8. The second-order valence-electron chi connectivity index (χ2n) is 3.91. The van der Waals surface area contributed by atoms with Crippen LogP contribution in [-0.2, 0) is 4.74 Å². The maximum absolute atomic E-state index is 13.8. The smallest absolute Gasteiger partial charge is 0.337 e. The largest absolute Gasteiger partial charge is 0.497 e. The van der Waals surface area contributed by atoms with Crippen LogP contribution in [0.4, 0.5) is 4.39 Å². The van der Waals surface area contributed by atoms with Gasteiger partial charge < -0.3 is 9.47 Å². The van der Waals surface area contributed by atoms with Crippen molar-refractivity contribution in [1.29, 1.82) is 0 Å². The summed E-state index contributed by atoms with van der Waals surface area (Å²) >= 11 is 0. The van der Waals surface area contributed by atoms with Crippen LogP contribution < -0.4 is 4.74 Å². The molecule has 2 rings (SSSR count). The van der Waals surface area contributed by atoms with Gasteiger partial charge in [-0.15, -0.1) is 0 Å². The highest BCUT2D eigenvalue weighted by Gasteiger charge is 2.11. The molecule has 0 radical (unpaired) electrons. The van der Waals surface area contributed by atoms with E-state index >= 15 is 0 Å². The number of methoxy groups -OCH3 is 2. The first-order valence-electron chi connectivity index (χ1n) is 5.68. The van der Waals surface area contributed by atoms with E-state index in [1.807, 2.05) is 0 Å². The van der Waals surface area contributed by atoms with Gasteiger partial charge in [-0.25, -0.2) is 9.18 Å². The van der Waals surface area contributed by atoms with Crippen molar-refractivity contribution in [2.45, 2.75) is 0 Å².